The number of carbonyl (C=O) groups excluding carboxylic acids is 1. The molecule has 1 rings (SSSR count). The first-order chi connectivity index (χ1) is 10.4. The maximum atomic E-state index is 11.2. The van der Waals surface area contributed by atoms with Gasteiger partial charge in [0.25, 0.3) is 0 Å². The van der Waals surface area contributed by atoms with Crippen LogP contribution in [-0.4, -0.2) is 23.0 Å². The summed E-state index contributed by atoms with van der Waals surface area (Å²) in [6, 6.07) is 7.37. The van der Waals surface area contributed by atoms with Gasteiger partial charge in [0.2, 0.25) is 0 Å². The van der Waals surface area contributed by atoms with E-state index >= 15 is 0 Å². The summed E-state index contributed by atoms with van der Waals surface area (Å²) in [5.41, 5.74) is 1.80. The van der Waals surface area contributed by atoms with Gasteiger partial charge in [0.15, 0.2) is 5.97 Å². The van der Waals surface area contributed by atoms with Crippen molar-refractivity contribution >= 4 is 17.5 Å². The zero-order valence-corrected chi connectivity index (χ0v) is 18.7. The number of ketones is 1. The van der Waals surface area contributed by atoms with E-state index in [1.807, 2.05) is 32.9 Å². The summed E-state index contributed by atoms with van der Waals surface area (Å²) in [5, 5.41) is 8.64. The zero-order valence-electron chi connectivity index (χ0n) is 14.6. The molecule has 23 heavy (non-hydrogen) atoms. The maximum Gasteiger partial charge on any atom is 2.00 e. The number of benzene rings is 1. The summed E-state index contributed by atoms with van der Waals surface area (Å²) >= 11 is 0. The van der Waals surface area contributed by atoms with E-state index < -0.39 is 12.1 Å². The molecule has 1 aromatic carbocycles. The van der Waals surface area contributed by atoms with Gasteiger partial charge in [0.05, 0.1) is 6.10 Å². The van der Waals surface area contributed by atoms with Crippen LogP contribution in [0.2, 0.25) is 0 Å². The molecule has 4 nitrogen and oxygen atoms in total. The molecule has 0 amide bonds. The van der Waals surface area contributed by atoms with Crippen molar-refractivity contribution in [2.75, 3.05) is 0 Å². The first-order valence-corrected chi connectivity index (χ1v) is 7.11. The minimum absolute atomic E-state index is 0. The summed E-state index contributed by atoms with van der Waals surface area (Å²) in [6.45, 7) is 15.9. The molecule has 0 aliphatic rings. The van der Waals surface area contributed by atoms with Crippen LogP contribution in [0.25, 0.3) is 5.76 Å². The van der Waals surface area contributed by atoms with E-state index in [1.165, 1.54) is 6.92 Å². The second kappa shape index (κ2) is 15.7. The van der Waals surface area contributed by atoms with Crippen molar-refractivity contribution in [1.29, 1.82) is 0 Å². The third-order valence-corrected chi connectivity index (χ3v) is 2.34. The van der Waals surface area contributed by atoms with Crippen molar-refractivity contribution in [3.63, 3.8) is 0 Å². The number of rotatable bonds is 6. The van der Waals surface area contributed by atoms with Crippen molar-refractivity contribution in [3.05, 3.63) is 55.3 Å². The van der Waals surface area contributed by atoms with Crippen molar-refractivity contribution in [2.24, 2.45) is 0 Å². The third-order valence-electron chi connectivity index (χ3n) is 2.34. The molecule has 0 aliphatic heterocycles. The summed E-state index contributed by atoms with van der Waals surface area (Å²) in [6.07, 6.45) is -0.307. The van der Waals surface area contributed by atoms with Crippen molar-refractivity contribution in [1.82, 2.24) is 0 Å². The Hall–Kier alpha value is -1.18. The Labute approximate surface area is 163 Å². The molecule has 0 aliphatic carbocycles. The van der Waals surface area contributed by atoms with E-state index in [2.05, 4.69) is 13.5 Å². The van der Waals surface area contributed by atoms with Crippen LogP contribution >= 0.6 is 0 Å². The molecule has 0 radical (unpaired) electrons. The number of carboxylic acid groups (broad SMARTS) is 1. The fourth-order valence-corrected chi connectivity index (χ4v) is 1.32. The van der Waals surface area contributed by atoms with Crippen LogP contribution in [-0.2, 0) is 14.3 Å². The second-order valence-corrected chi connectivity index (χ2v) is 3.94. The van der Waals surface area contributed by atoms with E-state index in [4.69, 9.17) is 9.84 Å². The molecule has 1 unspecified atom stereocenters. The molecule has 0 heterocycles. The molecular weight excluding hydrogens is 518 g/mol. The van der Waals surface area contributed by atoms with Crippen LogP contribution in [0.3, 0.4) is 0 Å². The Morgan fingerprint density at radius 3 is 2.00 bits per heavy atom. The molecule has 1 atom stereocenters. The average molecular weight is 544 g/mol. The summed E-state index contributed by atoms with van der Waals surface area (Å²) in [7, 11) is 0. The first-order valence-electron chi connectivity index (χ1n) is 7.11. The molecule has 0 saturated heterocycles. The number of hydrogen-bond acceptors (Lipinski definition) is 3. The SMILES string of the molecule is C=C(OC([CH-]C(=O)O)C(C)=O)c1ccc(C)cc1.CC.[CH2-]C.[U+2]. The van der Waals surface area contributed by atoms with Crippen molar-refractivity contribution in [3.8, 4) is 0 Å². The minimum Gasteiger partial charge on any atom is -0.511 e. The van der Waals surface area contributed by atoms with Gasteiger partial charge in [0, 0.05) is 5.56 Å². The number of Topliss-reactive ketones (excluding diaryl/α,β-unsaturated/α-hetero) is 1. The number of carboxylic acids is 1. The molecule has 0 bridgehead atoms. The Balaban J connectivity index is -0.000000739. The van der Waals surface area contributed by atoms with Gasteiger partial charge >= 0.3 is 31.1 Å². The van der Waals surface area contributed by atoms with Gasteiger partial charge in [-0.15, -0.1) is 0 Å². The average Bonchev–Trinajstić information content (AvgIpc) is 2.50. The van der Waals surface area contributed by atoms with Gasteiger partial charge in [0.1, 0.15) is 11.5 Å². The summed E-state index contributed by atoms with van der Waals surface area (Å²) < 4.78 is 5.27. The predicted molar refractivity (Wildman–Crippen MR) is 90.1 cm³/mol. The molecule has 0 saturated carbocycles. The Kier molecular flexibility index (Phi) is 18.2. The molecule has 126 valence electrons. The molecule has 0 fully saturated rings. The second-order valence-electron chi connectivity index (χ2n) is 3.94. The molecular formula is C18H26O4U. The topological polar surface area (TPSA) is 63.6 Å². The molecule has 5 heteroatoms. The van der Waals surface area contributed by atoms with E-state index in [0.717, 1.165) is 12.0 Å². The Morgan fingerprint density at radius 2 is 1.65 bits per heavy atom. The summed E-state index contributed by atoms with van der Waals surface area (Å²) in [5.74, 6) is -1.31. The Bertz CT molecular complexity index is 466. The van der Waals surface area contributed by atoms with Crippen LogP contribution in [0.4, 0.5) is 0 Å². The van der Waals surface area contributed by atoms with E-state index in [-0.39, 0.29) is 42.7 Å². The minimum atomic E-state index is -1.20. The largest absolute Gasteiger partial charge is 2.00 e. The molecule has 1 N–H and O–H groups in total. The maximum absolute atomic E-state index is 11.2. The van der Waals surface area contributed by atoms with E-state index in [1.54, 1.807) is 19.1 Å². The van der Waals surface area contributed by atoms with Crippen LogP contribution in [0, 0.1) is 51.4 Å². The standard InChI is InChI=1S/C14H15O4.C2H6.C2H5.U/c1-9-4-6-12(7-5-9)11(3)18-13(10(2)15)8-14(16)17;2*1-2;/h4-8,13H,3H2,1-2H3,(H,16,17);1-2H3;1H2,2H3;/q-1;;-1;+2. The number of aryl methyl sites for hydroxylation is 1. The summed E-state index contributed by atoms with van der Waals surface area (Å²) in [4.78, 5) is 21.8. The smallest absolute Gasteiger partial charge is 0.511 e. The fourth-order valence-electron chi connectivity index (χ4n) is 1.32. The number of carbonyl (C=O) groups is 2. The van der Waals surface area contributed by atoms with Crippen LogP contribution in [0.15, 0.2) is 30.8 Å². The number of ether oxygens (including phenoxy) is 1. The normalized spacial score (nSPS) is 9.48. The Morgan fingerprint density at radius 1 is 1.22 bits per heavy atom. The predicted octanol–water partition coefficient (Wildman–Crippen LogP) is 4.10. The quantitative estimate of drug-likeness (QED) is 0.433. The van der Waals surface area contributed by atoms with Crippen LogP contribution in [0.5, 0.6) is 0 Å². The van der Waals surface area contributed by atoms with Crippen LogP contribution < -0.4 is 0 Å². The third kappa shape index (κ3) is 12.0. The van der Waals surface area contributed by atoms with Gasteiger partial charge < -0.3 is 16.8 Å². The molecule has 1 aromatic rings. The molecule has 0 spiro atoms. The van der Waals surface area contributed by atoms with Crippen molar-refractivity contribution in [2.45, 2.75) is 40.7 Å². The zero-order chi connectivity index (χ0) is 17.7. The van der Waals surface area contributed by atoms with E-state index in [0.29, 0.717) is 5.56 Å². The van der Waals surface area contributed by atoms with Gasteiger partial charge in [-0.05, 0) is 13.8 Å². The number of aliphatic carboxylic acids is 1. The number of hydrogen-bond donors (Lipinski definition) is 1. The fraction of sp³-hybridized carbons (Fsp3) is 0.333. The van der Waals surface area contributed by atoms with Gasteiger partial charge in [-0.1, -0.05) is 50.3 Å². The monoisotopic (exact) mass is 544 g/mol. The molecule has 0 aromatic heterocycles. The van der Waals surface area contributed by atoms with Gasteiger partial charge in [-0.25, -0.2) is 6.42 Å². The first kappa shape index (κ1) is 26.7. The van der Waals surface area contributed by atoms with Crippen molar-refractivity contribution < 1.29 is 50.5 Å². The van der Waals surface area contributed by atoms with Crippen LogP contribution in [0.1, 0.15) is 38.8 Å². The van der Waals surface area contributed by atoms with E-state index in [9.17, 15) is 9.59 Å². The van der Waals surface area contributed by atoms with Gasteiger partial charge in [-0.3, -0.25) is 9.59 Å². The van der Waals surface area contributed by atoms with Gasteiger partial charge in [-0.2, -0.15) is 6.92 Å².